The van der Waals surface area contributed by atoms with Gasteiger partial charge in [0, 0.05) is 21.6 Å². The highest BCUT2D eigenvalue weighted by molar-refractivity contribution is 7.67. The number of allylic oxidation sites excluding steroid dienone is 4. The fourth-order valence-electron chi connectivity index (χ4n) is 9.51. The molecule has 10 rings (SSSR count). The second-order valence-corrected chi connectivity index (χ2v) is 18.4. The molecule has 2 unspecified atom stereocenters. The summed E-state index contributed by atoms with van der Waals surface area (Å²) < 4.78 is 0. The van der Waals surface area contributed by atoms with E-state index in [9.17, 15) is 0 Å². The minimum absolute atomic E-state index is 0.0543. The molecular weight excluding hydrogens is 728 g/mol. The Hall–Kier alpha value is -6.72. The Morgan fingerprint density at radius 2 is 0.932 bits per heavy atom. The summed E-state index contributed by atoms with van der Waals surface area (Å²) in [6, 6.07) is 72.2. The van der Waals surface area contributed by atoms with Crippen LogP contribution in [0, 0.1) is 0 Å². The lowest BCUT2D eigenvalue weighted by molar-refractivity contribution is 0.653. The van der Waals surface area contributed by atoms with Gasteiger partial charge in [-0.15, -0.1) is 0 Å². The minimum atomic E-state index is -0.649. The van der Waals surface area contributed by atoms with Gasteiger partial charge in [-0.3, -0.25) is 0 Å². The van der Waals surface area contributed by atoms with E-state index in [2.05, 4.69) is 221 Å². The van der Waals surface area contributed by atoms with Gasteiger partial charge in [0.05, 0.1) is 0 Å². The molecule has 0 radical (unpaired) electrons. The number of hydrogen-bond acceptors (Lipinski definition) is 0. The maximum absolute atomic E-state index is 4.19. The fourth-order valence-corrected chi connectivity index (χ4v) is 12.1. The number of hydrogen-bond donors (Lipinski definition) is 0. The maximum Gasteiger partial charge on any atom is 0.0340 e. The third-order valence-electron chi connectivity index (χ3n) is 12.5. The van der Waals surface area contributed by atoms with E-state index in [1.807, 2.05) is 12.2 Å². The normalized spacial score (nSPS) is 14.0. The molecule has 8 aromatic carbocycles. The van der Waals surface area contributed by atoms with Crippen LogP contribution in [0.5, 0.6) is 0 Å². The quantitative estimate of drug-likeness (QED) is 0.128. The number of fused-ring (bicyclic) bond motifs is 4. The number of benzene rings is 8. The third-order valence-corrected chi connectivity index (χ3v) is 15.1. The zero-order valence-corrected chi connectivity index (χ0v) is 34.5. The molecule has 0 saturated carbocycles. The lowest BCUT2D eigenvalue weighted by atomic mass is 9.78. The van der Waals surface area contributed by atoms with Crippen LogP contribution in [0.1, 0.15) is 47.6 Å². The van der Waals surface area contributed by atoms with Crippen LogP contribution in [0.3, 0.4) is 0 Å². The van der Waals surface area contributed by atoms with Gasteiger partial charge in [-0.2, -0.15) is 0 Å². The van der Waals surface area contributed by atoms with Gasteiger partial charge in [-0.1, -0.05) is 229 Å². The molecule has 1 heteroatoms. The van der Waals surface area contributed by atoms with Crippen molar-refractivity contribution in [1.82, 2.24) is 0 Å². The summed E-state index contributed by atoms with van der Waals surface area (Å²) in [4.78, 5) is 0. The number of rotatable bonds is 9. The second-order valence-electron chi connectivity index (χ2n) is 16.2. The Morgan fingerprint density at radius 3 is 1.53 bits per heavy atom. The van der Waals surface area contributed by atoms with Gasteiger partial charge in [0.15, 0.2) is 0 Å². The van der Waals surface area contributed by atoms with E-state index in [1.165, 1.54) is 98.7 Å². The maximum atomic E-state index is 4.19. The first-order valence-corrected chi connectivity index (χ1v) is 21.9. The van der Waals surface area contributed by atoms with Crippen molar-refractivity contribution in [3.63, 3.8) is 0 Å². The van der Waals surface area contributed by atoms with Crippen molar-refractivity contribution < 1.29 is 0 Å². The van der Waals surface area contributed by atoms with Crippen LogP contribution in [0.15, 0.2) is 225 Å². The van der Waals surface area contributed by atoms with Gasteiger partial charge >= 0.3 is 0 Å². The average Bonchev–Trinajstić information content (AvgIpc) is 3.74. The molecule has 0 nitrogen and oxygen atoms in total. The van der Waals surface area contributed by atoms with Gasteiger partial charge in [0.1, 0.15) is 0 Å². The molecule has 0 aliphatic heterocycles. The van der Waals surface area contributed by atoms with E-state index in [0.717, 1.165) is 0 Å². The van der Waals surface area contributed by atoms with Gasteiger partial charge in [0.2, 0.25) is 0 Å². The van der Waals surface area contributed by atoms with Crippen LogP contribution in [0.4, 0.5) is 0 Å². The Bertz CT molecular complexity index is 3050. The molecule has 0 saturated heterocycles. The highest BCUT2D eigenvalue weighted by atomic mass is 31.1. The molecule has 2 atom stereocenters. The first-order valence-electron chi connectivity index (χ1n) is 20.5. The topological polar surface area (TPSA) is 0 Å². The third kappa shape index (κ3) is 6.33. The zero-order valence-electron chi connectivity index (χ0n) is 33.6. The second kappa shape index (κ2) is 14.9. The summed E-state index contributed by atoms with van der Waals surface area (Å²) in [5.74, 6) is 0.0543. The molecule has 0 fully saturated rings. The first kappa shape index (κ1) is 36.6. The van der Waals surface area contributed by atoms with Crippen LogP contribution >= 0.6 is 7.53 Å². The molecule has 1 aliphatic rings. The van der Waals surface area contributed by atoms with Crippen molar-refractivity contribution in [2.75, 3.05) is 0 Å². The van der Waals surface area contributed by atoms with E-state index in [0.29, 0.717) is 0 Å². The summed E-state index contributed by atoms with van der Waals surface area (Å²) >= 11 is 0. The minimum Gasteiger partial charge on any atom is -0.0987 e. The Morgan fingerprint density at radius 1 is 0.441 bits per heavy atom. The smallest absolute Gasteiger partial charge is 0.0340 e. The van der Waals surface area contributed by atoms with Crippen molar-refractivity contribution in [2.24, 2.45) is 0 Å². The zero-order chi connectivity index (χ0) is 40.1. The largest absolute Gasteiger partial charge is 0.0987 e. The van der Waals surface area contributed by atoms with E-state index >= 15 is 0 Å². The van der Waals surface area contributed by atoms with Crippen molar-refractivity contribution in [2.45, 2.75) is 25.2 Å². The van der Waals surface area contributed by atoms with Crippen LogP contribution in [0.25, 0.3) is 65.3 Å². The monoisotopic (exact) mass is 772 g/mol. The fraction of sp³-hybridized carbons (Fsp3) is 0.0690. The van der Waals surface area contributed by atoms with Crippen molar-refractivity contribution in [3.05, 3.63) is 253 Å². The molecule has 9 aromatic rings. The average molecular weight is 773 g/mol. The molecule has 59 heavy (non-hydrogen) atoms. The SMILES string of the molecule is C=CC1=C(C=C)C(C)(C)c2cc(C(c3ccc(-c4ccccc4)cc3)c3ccc(-c4ccc5c(c4)c4ccccc4p5-c4ccc(-c5ccccc5)cc4)cc3)ccc21. The Labute approximate surface area is 349 Å². The summed E-state index contributed by atoms with van der Waals surface area (Å²) in [6.07, 6.45) is 4.00. The Balaban J connectivity index is 1.04. The molecule has 282 valence electrons. The highest BCUT2D eigenvalue weighted by Gasteiger charge is 2.36. The summed E-state index contributed by atoms with van der Waals surface area (Å²) in [5.41, 5.74) is 16.1. The molecule has 1 heterocycles. The van der Waals surface area contributed by atoms with Crippen molar-refractivity contribution in [1.29, 1.82) is 0 Å². The van der Waals surface area contributed by atoms with Crippen molar-refractivity contribution >= 4 is 34.1 Å². The lowest BCUT2D eigenvalue weighted by Gasteiger charge is -2.25. The molecule has 0 amide bonds. The van der Waals surface area contributed by atoms with Crippen molar-refractivity contribution in [3.8, 4) is 38.7 Å². The van der Waals surface area contributed by atoms with E-state index in [1.54, 1.807) is 0 Å². The van der Waals surface area contributed by atoms with E-state index < -0.39 is 7.53 Å². The van der Waals surface area contributed by atoms with E-state index in [-0.39, 0.29) is 11.3 Å². The lowest BCUT2D eigenvalue weighted by Crippen LogP contribution is -2.17. The van der Waals surface area contributed by atoms with Crippen LogP contribution in [0.2, 0.25) is 0 Å². The van der Waals surface area contributed by atoms with Gasteiger partial charge < -0.3 is 0 Å². The molecule has 0 bridgehead atoms. The molecular formula is C58H45P. The predicted molar refractivity (Wildman–Crippen MR) is 256 cm³/mol. The molecule has 1 aliphatic carbocycles. The first-order chi connectivity index (χ1) is 28.9. The molecule has 0 N–H and O–H groups in total. The van der Waals surface area contributed by atoms with Gasteiger partial charge in [-0.05, 0) is 101 Å². The molecule has 0 spiro atoms. The van der Waals surface area contributed by atoms with Gasteiger partial charge in [0.25, 0.3) is 0 Å². The summed E-state index contributed by atoms with van der Waals surface area (Å²) in [6.45, 7) is 13.0. The standard InChI is InChI=1S/C58H45P/c1-5-49-50-35-31-47(38-54(50)58(3,4)53(49)6-2)57(44-25-21-41(22-26-44)39-15-9-7-10-16-39)45-27-23-43(24-28-45)46-32-36-56-52(37-46)51-19-13-14-20-55(51)59(56)48-33-29-42(30-34-48)40-17-11-8-12-18-40/h5-38,57H,1-2H2,3-4H3. The van der Waals surface area contributed by atoms with Crippen LogP contribution < -0.4 is 0 Å². The highest BCUT2D eigenvalue weighted by Crippen LogP contribution is 2.56. The van der Waals surface area contributed by atoms with Crippen LogP contribution in [-0.2, 0) is 5.41 Å². The molecule has 1 aromatic heterocycles. The van der Waals surface area contributed by atoms with Gasteiger partial charge in [-0.25, -0.2) is 0 Å². The summed E-state index contributed by atoms with van der Waals surface area (Å²) in [7, 11) is -0.649. The Kier molecular flexibility index (Phi) is 9.24. The van der Waals surface area contributed by atoms with E-state index in [4.69, 9.17) is 0 Å². The predicted octanol–water partition coefficient (Wildman–Crippen LogP) is 16.6. The summed E-state index contributed by atoms with van der Waals surface area (Å²) in [5, 5.41) is 6.96. The van der Waals surface area contributed by atoms with Crippen LogP contribution in [-0.4, -0.2) is 0 Å².